The highest BCUT2D eigenvalue weighted by Crippen LogP contribution is 2.30. The van der Waals surface area contributed by atoms with Crippen molar-refractivity contribution in [3.8, 4) is 0 Å². The first-order chi connectivity index (χ1) is 8.81. The van der Waals surface area contributed by atoms with E-state index in [2.05, 4.69) is 46.0 Å². The Balaban J connectivity index is 2.15. The van der Waals surface area contributed by atoms with E-state index in [0.717, 1.165) is 38.2 Å². The molecule has 1 aliphatic rings. The van der Waals surface area contributed by atoms with E-state index in [1.54, 1.807) is 0 Å². The fraction of sp³-hybridized carbons (Fsp3) is 0.500. The normalized spacial score (nSPS) is 16.4. The van der Waals surface area contributed by atoms with Gasteiger partial charge in [-0.2, -0.15) is 0 Å². The van der Waals surface area contributed by atoms with Gasteiger partial charge in [-0.25, -0.2) is 4.98 Å². The summed E-state index contributed by atoms with van der Waals surface area (Å²) < 4.78 is 2.14. The lowest BCUT2D eigenvalue weighted by Gasteiger charge is -2.30. The van der Waals surface area contributed by atoms with Crippen LogP contribution in [-0.2, 0) is 13.5 Å². The highest BCUT2D eigenvalue weighted by molar-refractivity contribution is 5.93. The molecule has 0 atom stereocenters. The van der Waals surface area contributed by atoms with Gasteiger partial charge in [0.25, 0.3) is 0 Å². The summed E-state index contributed by atoms with van der Waals surface area (Å²) in [6, 6.07) is 2.16. The molecule has 0 radical (unpaired) electrons. The van der Waals surface area contributed by atoms with Gasteiger partial charge < -0.3 is 14.8 Å². The molecule has 3 heterocycles. The molecule has 4 heteroatoms. The lowest BCUT2D eigenvalue weighted by atomic mass is 10.1. The quantitative estimate of drug-likeness (QED) is 0.870. The van der Waals surface area contributed by atoms with Gasteiger partial charge in [0, 0.05) is 56.7 Å². The van der Waals surface area contributed by atoms with Gasteiger partial charge in [-0.1, -0.05) is 6.92 Å². The third-order valence-corrected chi connectivity index (χ3v) is 3.75. The van der Waals surface area contributed by atoms with Crippen LogP contribution in [0.15, 0.2) is 18.5 Å². The summed E-state index contributed by atoms with van der Waals surface area (Å²) in [6.45, 7) is 6.51. The van der Waals surface area contributed by atoms with E-state index < -0.39 is 0 Å². The standard InChI is InChI=1S/C14H20N4/c1-3-11-10-17(2)14-13(11)12(4-5-16-14)18-8-6-15-7-9-18/h4-5,10,15H,3,6-9H2,1-2H3. The Morgan fingerprint density at radius 3 is 2.83 bits per heavy atom. The first kappa shape index (κ1) is 11.5. The largest absolute Gasteiger partial charge is 0.368 e. The summed E-state index contributed by atoms with van der Waals surface area (Å²) in [4.78, 5) is 7.00. The lowest BCUT2D eigenvalue weighted by molar-refractivity contribution is 0.590. The van der Waals surface area contributed by atoms with Crippen LogP contribution in [-0.4, -0.2) is 35.7 Å². The predicted molar refractivity (Wildman–Crippen MR) is 75.2 cm³/mol. The Morgan fingerprint density at radius 2 is 2.11 bits per heavy atom. The molecule has 0 aromatic carbocycles. The number of rotatable bonds is 2. The number of nitrogens with one attached hydrogen (secondary N) is 1. The fourth-order valence-corrected chi connectivity index (χ4v) is 2.81. The second kappa shape index (κ2) is 4.61. The zero-order chi connectivity index (χ0) is 12.5. The molecule has 4 nitrogen and oxygen atoms in total. The third kappa shape index (κ3) is 1.77. The van der Waals surface area contributed by atoms with Crippen molar-refractivity contribution >= 4 is 16.7 Å². The van der Waals surface area contributed by atoms with Crippen LogP contribution in [0.1, 0.15) is 12.5 Å². The average Bonchev–Trinajstić information content (AvgIpc) is 2.77. The van der Waals surface area contributed by atoms with E-state index in [9.17, 15) is 0 Å². The van der Waals surface area contributed by atoms with E-state index in [0.29, 0.717) is 0 Å². The molecule has 0 aliphatic carbocycles. The number of aryl methyl sites for hydroxylation is 2. The smallest absolute Gasteiger partial charge is 0.141 e. The van der Waals surface area contributed by atoms with Crippen molar-refractivity contribution < 1.29 is 0 Å². The molecule has 0 amide bonds. The second-order valence-electron chi connectivity index (χ2n) is 4.88. The maximum Gasteiger partial charge on any atom is 0.141 e. The molecule has 96 valence electrons. The monoisotopic (exact) mass is 244 g/mol. The van der Waals surface area contributed by atoms with Gasteiger partial charge in [0.2, 0.25) is 0 Å². The minimum absolute atomic E-state index is 1.06. The van der Waals surface area contributed by atoms with Gasteiger partial charge in [-0.3, -0.25) is 0 Å². The fourth-order valence-electron chi connectivity index (χ4n) is 2.81. The molecule has 0 unspecified atom stereocenters. The molecule has 2 aromatic rings. The van der Waals surface area contributed by atoms with Crippen LogP contribution in [0.4, 0.5) is 5.69 Å². The number of hydrogen-bond donors (Lipinski definition) is 1. The van der Waals surface area contributed by atoms with Crippen molar-refractivity contribution in [2.75, 3.05) is 31.1 Å². The molecule has 0 saturated carbocycles. The van der Waals surface area contributed by atoms with Crippen LogP contribution in [0, 0.1) is 0 Å². The number of pyridine rings is 1. The van der Waals surface area contributed by atoms with E-state index >= 15 is 0 Å². The van der Waals surface area contributed by atoms with E-state index in [1.165, 1.54) is 16.6 Å². The van der Waals surface area contributed by atoms with Gasteiger partial charge in [0.1, 0.15) is 5.65 Å². The zero-order valence-electron chi connectivity index (χ0n) is 11.1. The first-order valence-electron chi connectivity index (χ1n) is 6.70. The van der Waals surface area contributed by atoms with Crippen molar-refractivity contribution in [3.05, 3.63) is 24.0 Å². The van der Waals surface area contributed by atoms with Crippen molar-refractivity contribution in [3.63, 3.8) is 0 Å². The number of nitrogens with zero attached hydrogens (tertiary/aromatic N) is 3. The van der Waals surface area contributed by atoms with E-state index in [-0.39, 0.29) is 0 Å². The van der Waals surface area contributed by atoms with E-state index in [4.69, 9.17) is 0 Å². The topological polar surface area (TPSA) is 33.1 Å². The Hall–Kier alpha value is -1.55. The summed E-state index contributed by atoms with van der Waals surface area (Å²) in [5.74, 6) is 0. The molecule has 18 heavy (non-hydrogen) atoms. The molecule has 1 saturated heterocycles. The van der Waals surface area contributed by atoms with Crippen LogP contribution >= 0.6 is 0 Å². The Bertz CT molecular complexity index is 552. The molecule has 1 N–H and O–H groups in total. The molecular weight excluding hydrogens is 224 g/mol. The number of aromatic nitrogens is 2. The first-order valence-corrected chi connectivity index (χ1v) is 6.70. The van der Waals surface area contributed by atoms with Crippen molar-refractivity contribution in [2.45, 2.75) is 13.3 Å². The van der Waals surface area contributed by atoms with Crippen molar-refractivity contribution in [1.29, 1.82) is 0 Å². The SMILES string of the molecule is CCc1cn(C)c2nccc(N3CCNCC3)c12. The van der Waals surface area contributed by atoms with E-state index in [1.807, 2.05) is 6.20 Å². The van der Waals surface area contributed by atoms with Crippen LogP contribution < -0.4 is 10.2 Å². The van der Waals surface area contributed by atoms with Gasteiger partial charge in [-0.05, 0) is 18.1 Å². The summed E-state index contributed by atoms with van der Waals surface area (Å²) in [5, 5.41) is 4.74. The van der Waals surface area contributed by atoms with Gasteiger partial charge >= 0.3 is 0 Å². The maximum absolute atomic E-state index is 4.53. The Morgan fingerprint density at radius 1 is 1.33 bits per heavy atom. The van der Waals surface area contributed by atoms with Crippen LogP contribution in [0.25, 0.3) is 11.0 Å². The van der Waals surface area contributed by atoms with Crippen molar-refractivity contribution in [2.24, 2.45) is 7.05 Å². The van der Waals surface area contributed by atoms with Gasteiger partial charge in [0.05, 0.1) is 0 Å². The maximum atomic E-state index is 4.53. The Labute approximate surface area is 108 Å². The summed E-state index contributed by atoms with van der Waals surface area (Å²) in [7, 11) is 2.08. The summed E-state index contributed by atoms with van der Waals surface area (Å²) >= 11 is 0. The molecular formula is C14H20N4. The lowest BCUT2D eigenvalue weighted by Crippen LogP contribution is -2.43. The number of fused-ring (bicyclic) bond motifs is 1. The average molecular weight is 244 g/mol. The third-order valence-electron chi connectivity index (χ3n) is 3.75. The molecule has 2 aromatic heterocycles. The number of hydrogen-bond acceptors (Lipinski definition) is 3. The van der Waals surface area contributed by atoms with Gasteiger partial charge in [0.15, 0.2) is 0 Å². The van der Waals surface area contributed by atoms with Crippen LogP contribution in [0.5, 0.6) is 0 Å². The number of piperazine rings is 1. The highest BCUT2D eigenvalue weighted by atomic mass is 15.2. The van der Waals surface area contributed by atoms with Crippen LogP contribution in [0.3, 0.4) is 0 Å². The number of anilines is 1. The Kier molecular flexibility index (Phi) is 2.96. The van der Waals surface area contributed by atoms with Gasteiger partial charge in [-0.15, -0.1) is 0 Å². The predicted octanol–water partition coefficient (Wildman–Crippen LogP) is 1.55. The summed E-state index contributed by atoms with van der Waals surface area (Å²) in [6.07, 6.45) is 5.20. The molecule has 3 rings (SSSR count). The summed E-state index contributed by atoms with van der Waals surface area (Å²) in [5.41, 5.74) is 3.84. The molecule has 0 bridgehead atoms. The molecule has 0 spiro atoms. The highest BCUT2D eigenvalue weighted by Gasteiger charge is 2.17. The molecule has 1 aliphatic heterocycles. The van der Waals surface area contributed by atoms with Crippen LogP contribution in [0.2, 0.25) is 0 Å². The zero-order valence-corrected chi connectivity index (χ0v) is 11.1. The van der Waals surface area contributed by atoms with Crippen molar-refractivity contribution in [1.82, 2.24) is 14.9 Å². The molecule has 1 fully saturated rings. The second-order valence-corrected chi connectivity index (χ2v) is 4.88. The minimum atomic E-state index is 1.06. The minimum Gasteiger partial charge on any atom is -0.368 e.